The minimum atomic E-state index is -0.198. The Morgan fingerprint density at radius 1 is 0.714 bits per heavy atom. The van der Waals surface area contributed by atoms with Crippen molar-refractivity contribution < 1.29 is 8.96 Å². The maximum Gasteiger partial charge on any atom is 0.224 e. The van der Waals surface area contributed by atoms with E-state index in [1.165, 1.54) is 71.7 Å². The highest BCUT2D eigenvalue weighted by molar-refractivity contribution is 6.26. The van der Waals surface area contributed by atoms with Crippen molar-refractivity contribution in [3.8, 4) is 11.1 Å². The summed E-state index contributed by atoms with van der Waals surface area (Å²) in [7, 11) is 2.15. The molecule has 7 rings (SSSR count). The van der Waals surface area contributed by atoms with Gasteiger partial charge in [0.25, 0.3) is 0 Å². The van der Waals surface area contributed by atoms with Gasteiger partial charge in [-0.25, -0.2) is 8.96 Å². The van der Waals surface area contributed by atoms with E-state index in [1.807, 2.05) is 6.07 Å². The van der Waals surface area contributed by atoms with Crippen molar-refractivity contribution in [1.82, 2.24) is 4.40 Å². The van der Waals surface area contributed by atoms with E-state index in [2.05, 4.69) is 114 Å². The van der Waals surface area contributed by atoms with Crippen LogP contribution in [-0.4, -0.2) is 4.40 Å². The molecule has 0 aliphatic rings. The van der Waals surface area contributed by atoms with Gasteiger partial charge in [-0.1, -0.05) is 53.7 Å². The van der Waals surface area contributed by atoms with E-state index in [-0.39, 0.29) is 5.82 Å². The monoisotopic (exact) mass is 555 g/mol. The summed E-state index contributed by atoms with van der Waals surface area (Å²) < 4.78 is 19.4. The molecule has 3 heterocycles. The Balaban J connectivity index is 1.75. The molecule has 0 spiro atoms. The summed E-state index contributed by atoms with van der Waals surface area (Å²) in [6.45, 7) is 18.2. The number of aromatic nitrogens is 2. The summed E-state index contributed by atoms with van der Waals surface area (Å²) in [5.74, 6) is 1.05. The highest BCUT2D eigenvalue weighted by atomic mass is 19.1. The fourth-order valence-corrected chi connectivity index (χ4v) is 7.31. The smallest absolute Gasteiger partial charge is 0.224 e. The van der Waals surface area contributed by atoms with Crippen LogP contribution in [0.4, 0.5) is 4.39 Å². The van der Waals surface area contributed by atoms with Crippen LogP contribution >= 0.6 is 0 Å². The van der Waals surface area contributed by atoms with E-state index in [1.54, 1.807) is 12.1 Å². The predicted octanol–water partition coefficient (Wildman–Crippen LogP) is 10.6. The van der Waals surface area contributed by atoms with E-state index in [9.17, 15) is 4.39 Å². The molecular formula is C39H40FN2+. The summed E-state index contributed by atoms with van der Waals surface area (Å²) in [6, 6.07) is 19.5. The third-order valence-electron chi connectivity index (χ3n) is 9.65. The molecule has 3 aromatic heterocycles. The average Bonchev–Trinajstić information content (AvgIpc) is 3.26. The molecule has 0 radical (unpaired) electrons. The third kappa shape index (κ3) is 3.65. The fourth-order valence-electron chi connectivity index (χ4n) is 7.31. The minimum Gasteiger partial charge on any atom is -0.307 e. The Bertz CT molecular complexity index is 2180. The van der Waals surface area contributed by atoms with Gasteiger partial charge in [0, 0.05) is 16.8 Å². The molecule has 0 N–H and O–H groups in total. The molecule has 0 saturated heterocycles. The number of rotatable bonds is 4. The minimum absolute atomic E-state index is 0.198. The lowest BCUT2D eigenvalue weighted by molar-refractivity contribution is -0.643. The van der Waals surface area contributed by atoms with Crippen molar-refractivity contribution in [1.29, 1.82) is 0 Å². The first kappa shape index (κ1) is 26.9. The molecular weight excluding hydrogens is 515 g/mol. The van der Waals surface area contributed by atoms with Gasteiger partial charge in [0.15, 0.2) is 6.20 Å². The number of nitrogens with zero attached hydrogens (tertiary/aromatic N) is 2. The van der Waals surface area contributed by atoms with Crippen LogP contribution in [0, 0.1) is 19.7 Å². The van der Waals surface area contributed by atoms with Crippen molar-refractivity contribution in [2.75, 3.05) is 0 Å². The Kier molecular flexibility index (Phi) is 5.93. The van der Waals surface area contributed by atoms with Crippen molar-refractivity contribution in [2.24, 2.45) is 7.05 Å². The van der Waals surface area contributed by atoms with Gasteiger partial charge in [-0.3, -0.25) is 0 Å². The lowest BCUT2D eigenvalue weighted by Gasteiger charge is -2.24. The summed E-state index contributed by atoms with van der Waals surface area (Å²) in [6.07, 6.45) is 2.20. The first-order valence-corrected chi connectivity index (χ1v) is 15.4. The van der Waals surface area contributed by atoms with Gasteiger partial charge in [-0.15, -0.1) is 0 Å². The molecule has 0 amide bonds. The zero-order valence-corrected chi connectivity index (χ0v) is 26.3. The quantitative estimate of drug-likeness (QED) is 0.116. The molecule has 0 bridgehead atoms. The Hall–Kier alpha value is -3.98. The number of hydrogen-bond acceptors (Lipinski definition) is 0. The topological polar surface area (TPSA) is 8.29 Å². The molecule has 212 valence electrons. The van der Waals surface area contributed by atoms with Crippen LogP contribution in [0.25, 0.3) is 60.1 Å². The van der Waals surface area contributed by atoms with Crippen LogP contribution in [-0.2, 0) is 7.05 Å². The second kappa shape index (κ2) is 9.26. The third-order valence-corrected chi connectivity index (χ3v) is 9.65. The maximum absolute atomic E-state index is 14.7. The Morgan fingerprint density at radius 2 is 1.40 bits per heavy atom. The molecule has 7 aromatic rings. The van der Waals surface area contributed by atoms with E-state index >= 15 is 0 Å². The summed E-state index contributed by atoms with van der Waals surface area (Å²) in [5, 5.41) is 5.82. The maximum atomic E-state index is 14.7. The number of halogens is 1. The molecule has 0 saturated carbocycles. The number of benzene rings is 4. The van der Waals surface area contributed by atoms with E-state index in [4.69, 9.17) is 0 Å². The Morgan fingerprint density at radius 3 is 2.05 bits per heavy atom. The van der Waals surface area contributed by atoms with Gasteiger partial charge in [0.1, 0.15) is 12.9 Å². The van der Waals surface area contributed by atoms with Crippen molar-refractivity contribution in [3.63, 3.8) is 0 Å². The first-order chi connectivity index (χ1) is 20.0. The molecule has 0 atom stereocenters. The van der Waals surface area contributed by atoms with E-state index < -0.39 is 0 Å². The van der Waals surface area contributed by atoms with Crippen LogP contribution in [0.1, 0.15) is 87.1 Å². The number of fused-ring (bicyclic) bond motifs is 5. The van der Waals surface area contributed by atoms with Crippen molar-refractivity contribution in [3.05, 3.63) is 94.4 Å². The van der Waals surface area contributed by atoms with Crippen molar-refractivity contribution in [2.45, 2.75) is 73.1 Å². The lowest BCUT2D eigenvalue weighted by atomic mass is 9.81. The molecule has 0 aliphatic heterocycles. The largest absolute Gasteiger partial charge is 0.307 e. The van der Waals surface area contributed by atoms with Crippen LogP contribution < -0.4 is 4.57 Å². The normalized spacial score (nSPS) is 12.7. The SMILES string of the molecule is Cc1cc2c3cc(F)ccc3n3c4cc(-c5c(C(C)C)cc(C(C)C)cc5C(C)C)cc5cc[n+](C)c(c(c1C)c23)c54. The molecule has 0 unspecified atom stereocenters. The zero-order valence-electron chi connectivity index (χ0n) is 26.3. The fraction of sp³-hybridized carbons (Fsp3) is 0.308. The van der Waals surface area contributed by atoms with Gasteiger partial charge in [0.05, 0.1) is 27.3 Å². The summed E-state index contributed by atoms with van der Waals surface area (Å²) >= 11 is 0. The highest BCUT2D eigenvalue weighted by Crippen LogP contribution is 2.45. The summed E-state index contributed by atoms with van der Waals surface area (Å²) in [5.41, 5.74) is 14.0. The van der Waals surface area contributed by atoms with Crippen molar-refractivity contribution >= 4 is 49.0 Å². The molecule has 4 aromatic carbocycles. The van der Waals surface area contributed by atoms with Gasteiger partial charge in [-0.05, 0) is 112 Å². The van der Waals surface area contributed by atoms with E-state index in [0.29, 0.717) is 17.8 Å². The second-order valence-electron chi connectivity index (χ2n) is 13.4. The van der Waals surface area contributed by atoms with Crippen LogP contribution in [0.3, 0.4) is 0 Å². The van der Waals surface area contributed by atoms with Gasteiger partial charge in [0.2, 0.25) is 5.52 Å². The first-order valence-electron chi connectivity index (χ1n) is 15.4. The summed E-state index contributed by atoms with van der Waals surface area (Å²) in [4.78, 5) is 0. The van der Waals surface area contributed by atoms with Crippen LogP contribution in [0.15, 0.2) is 60.8 Å². The molecule has 3 heteroatoms. The van der Waals surface area contributed by atoms with Gasteiger partial charge in [-0.2, -0.15) is 0 Å². The standard InChI is InChI=1S/C39H40FN2/c1-20(2)26-16-29(21(3)4)36(30(17-26)22(5)6)27-15-25-12-13-41(9)39-35-24(8)23(7)14-32-31-19-28(40)10-11-33(31)42(38(32)35)34(18-27)37(25)39/h10-22H,1-9H3/q+1. The van der Waals surface area contributed by atoms with Crippen LogP contribution in [0.5, 0.6) is 0 Å². The highest BCUT2D eigenvalue weighted by Gasteiger charge is 2.27. The van der Waals surface area contributed by atoms with E-state index in [0.717, 1.165) is 16.3 Å². The molecule has 2 nitrogen and oxygen atoms in total. The lowest BCUT2D eigenvalue weighted by Crippen LogP contribution is -2.29. The van der Waals surface area contributed by atoms with Gasteiger partial charge >= 0.3 is 0 Å². The number of pyridine rings is 2. The zero-order chi connectivity index (χ0) is 29.8. The average molecular weight is 556 g/mol. The second-order valence-corrected chi connectivity index (χ2v) is 13.4. The van der Waals surface area contributed by atoms with Gasteiger partial charge < -0.3 is 4.40 Å². The molecule has 0 aliphatic carbocycles. The number of aryl methyl sites for hydroxylation is 3. The molecule has 0 fully saturated rings. The number of hydrogen-bond donors (Lipinski definition) is 0. The van der Waals surface area contributed by atoms with Crippen LogP contribution in [0.2, 0.25) is 0 Å². The predicted molar refractivity (Wildman–Crippen MR) is 177 cm³/mol. The Labute approximate surface area is 247 Å². The molecule has 42 heavy (non-hydrogen) atoms.